The Morgan fingerprint density at radius 2 is 0.789 bits per heavy atom. The SMILES string of the molecule is O=C(N[C@@H](Cc1ccccc1)[C@H](O)[C@@H](O)[C@@H](Cc1ccccc1)NC(=O)c1ccccc1)c1ccccc1. The summed E-state index contributed by atoms with van der Waals surface area (Å²) in [6.45, 7) is 0. The molecule has 4 aromatic rings. The minimum Gasteiger partial charge on any atom is -0.388 e. The molecule has 4 aromatic carbocycles. The number of hydrogen-bond donors (Lipinski definition) is 4. The lowest BCUT2D eigenvalue weighted by Crippen LogP contribution is -2.57. The van der Waals surface area contributed by atoms with Crippen molar-refractivity contribution < 1.29 is 19.8 Å². The Balaban J connectivity index is 1.59. The quantitative estimate of drug-likeness (QED) is 0.248. The number of nitrogens with one attached hydrogen (secondary N) is 2. The van der Waals surface area contributed by atoms with Crippen LogP contribution in [0.3, 0.4) is 0 Å². The van der Waals surface area contributed by atoms with Crippen LogP contribution in [0.5, 0.6) is 0 Å². The number of hydrogen-bond acceptors (Lipinski definition) is 4. The van der Waals surface area contributed by atoms with Crippen molar-refractivity contribution in [2.45, 2.75) is 37.1 Å². The summed E-state index contributed by atoms with van der Waals surface area (Å²) in [7, 11) is 0. The van der Waals surface area contributed by atoms with E-state index in [1.165, 1.54) is 0 Å². The summed E-state index contributed by atoms with van der Waals surface area (Å²) in [5.41, 5.74) is 2.69. The number of rotatable bonds is 11. The summed E-state index contributed by atoms with van der Waals surface area (Å²) in [5.74, 6) is -0.712. The Hall–Kier alpha value is -4.26. The number of aliphatic hydroxyl groups is 2. The standard InChI is InChI=1S/C32H32N2O4/c35-29(27(21-23-13-5-1-6-14-23)33-31(37)25-17-9-3-10-18-25)30(36)28(22-24-15-7-2-8-16-24)34-32(38)26-19-11-4-12-20-26/h1-20,27-30,35-36H,21-22H2,(H,33,37)(H,34,38)/t27-,28+,29-,30-/m0/s1. The number of carbonyl (C=O) groups excluding carboxylic acids is 2. The third kappa shape index (κ3) is 7.38. The van der Waals surface area contributed by atoms with Crippen LogP contribution in [0.4, 0.5) is 0 Å². The molecule has 0 unspecified atom stereocenters. The van der Waals surface area contributed by atoms with Crippen molar-refractivity contribution in [1.82, 2.24) is 10.6 Å². The molecule has 38 heavy (non-hydrogen) atoms. The second-order valence-corrected chi connectivity index (χ2v) is 9.25. The highest BCUT2D eigenvalue weighted by Crippen LogP contribution is 2.16. The van der Waals surface area contributed by atoms with Gasteiger partial charge in [0.15, 0.2) is 0 Å². The van der Waals surface area contributed by atoms with Gasteiger partial charge >= 0.3 is 0 Å². The lowest BCUT2D eigenvalue weighted by molar-refractivity contribution is -0.0219. The van der Waals surface area contributed by atoms with E-state index in [4.69, 9.17) is 0 Å². The molecule has 0 saturated carbocycles. The van der Waals surface area contributed by atoms with Crippen molar-refractivity contribution in [3.63, 3.8) is 0 Å². The molecule has 0 saturated heterocycles. The van der Waals surface area contributed by atoms with Gasteiger partial charge in [-0.1, -0.05) is 97.1 Å². The Morgan fingerprint density at radius 1 is 0.500 bits per heavy atom. The summed E-state index contributed by atoms with van der Waals surface area (Å²) in [6.07, 6.45) is -2.15. The zero-order valence-corrected chi connectivity index (χ0v) is 21.0. The highest BCUT2D eigenvalue weighted by atomic mass is 16.3. The maximum Gasteiger partial charge on any atom is 0.251 e. The van der Waals surface area contributed by atoms with Crippen LogP contribution in [0.1, 0.15) is 31.8 Å². The first-order valence-electron chi connectivity index (χ1n) is 12.7. The predicted molar refractivity (Wildman–Crippen MR) is 148 cm³/mol. The molecule has 6 heteroatoms. The molecular formula is C32H32N2O4. The largest absolute Gasteiger partial charge is 0.388 e. The maximum absolute atomic E-state index is 13.0. The van der Waals surface area contributed by atoms with E-state index in [1.54, 1.807) is 48.5 Å². The lowest BCUT2D eigenvalue weighted by Gasteiger charge is -2.33. The Kier molecular flexibility index (Phi) is 9.40. The van der Waals surface area contributed by atoms with Gasteiger partial charge in [0.2, 0.25) is 0 Å². The van der Waals surface area contributed by atoms with Gasteiger partial charge in [0.1, 0.15) is 12.2 Å². The fourth-order valence-corrected chi connectivity index (χ4v) is 4.41. The molecule has 4 atom stereocenters. The van der Waals surface area contributed by atoms with Crippen molar-refractivity contribution in [1.29, 1.82) is 0 Å². The fraction of sp³-hybridized carbons (Fsp3) is 0.188. The van der Waals surface area contributed by atoms with E-state index in [0.29, 0.717) is 24.0 Å². The number of amides is 2. The molecule has 0 radical (unpaired) electrons. The van der Waals surface area contributed by atoms with Crippen LogP contribution in [-0.4, -0.2) is 46.3 Å². The van der Waals surface area contributed by atoms with Gasteiger partial charge in [0.25, 0.3) is 11.8 Å². The van der Waals surface area contributed by atoms with Crippen molar-refractivity contribution >= 4 is 11.8 Å². The molecule has 0 aliphatic carbocycles. The monoisotopic (exact) mass is 508 g/mol. The smallest absolute Gasteiger partial charge is 0.251 e. The van der Waals surface area contributed by atoms with Gasteiger partial charge in [-0.25, -0.2) is 0 Å². The second kappa shape index (κ2) is 13.3. The van der Waals surface area contributed by atoms with Gasteiger partial charge in [-0.3, -0.25) is 9.59 Å². The van der Waals surface area contributed by atoms with Gasteiger partial charge in [-0.05, 0) is 48.2 Å². The Bertz CT molecular complexity index is 1180. The van der Waals surface area contributed by atoms with E-state index in [1.807, 2.05) is 72.8 Å². The first kappa shape index (κ1) is 26.8. The summed E-state index contributed by atoms with van der Waals surface area (Å²) >= 11 is 0. The van der Waals surface area contributed by atoms with E-state index in [2.05, 4.69) is 10.6 Å². The van der Waals surface area contributed by atoms with Gasteiger partial charge < -0.3 is 20.8 Å². The van der Waals surface area contributed by atoms with E-state index >= 15 is 0 Å². The highest BCUT2D eigenvalue weighted by Gasteiger charge is 2.34. The van der Waals surface area contributed by atoms with Gasteiger partial charge in [-0.15, -0.1) is 0 Å². The minimum atomic E-state index is -1.37. The first-order chi connectivity index (χ1) is 18.5. The molecule has 4 rings (SSSR count). The molecule has 0 fully saturated rings. The Labute approximate surface area is 223 Å². The van der Waals surface area contributed by atoms with Crippen molar-refractivity contribution in [3.05, 3.63) is 144 Å². The van der Waals surface area contributed by atoms with E-state index in [-0.39, 0.29) is 11.8 Å². The first-order valence-corrected chi connectivity index (χ1v) is 12.7. The molecule has 0 aliphatic heterocycles. The van der Waals surface area contributed by atoms with Crippen LogP contribution in [0.15, 0.2) is 121 Å². The van der Waals surface area contributed by atoms with Gasteiger partial charge in [0, 0.05) is 11.1 Å². The maximum atomic E-state index is 13.0. The number of benzene rings is 4. The zero-order chi connectivity index (χ0) is 26.7. The number of aliphatic hydroxyl groups excluding tert-OH is 2. The fourth-order valence-electron chi connectivity index (χ4n) is 4.41. The van der Waals surface area contributed by atoms with Gasteiger partial charge in [-0.2, -0.15) is 0 Å². The van der Waals surface area contributed by atoms with Crippen molar-refractivity contribution in [3.8, 4) is 0 Å². The molecular weight excluding hydrogens is 476 g/mol. The van der Waals surface area contributed by atoms with Crippen LogP contribution < -0.4 is 10.6 Å². The molecule has 0 spiro atoms. The number of carbonyl (C=O) groups is 2. The van der Waals surface area contributed by atoms with Crippen LogP contribution in [0, 0.1) is 0 Å². The second-order valence-electron chi connectivity index (χ2n) is 9.25. The topological polar surface area (TPSA) is 98.7 Å². The molecule has 0 aromatic heterocycles. The predicted octanol–water partition coefficient (Wildman–Crippen LogP) is 3.79. The third-order valence-corrected chi connectivity index (χ3v) is 6.48. The lowest BCUT2D eigenvalue weighted by atomic mass is 9.90. The molecule has 0 aliphatic rings. The van der Waals surface area contributed by atoms with Crippen LogP contribution in [-0.2, 0) is 12.8 Å². The Morgan fingerprint density at radius 3 is 1.11 bits per heavy atom. The molecule has 2 amide bonds. The molecule has 0 heterocycles. The van der Waals surface area contributed by atoms with Crippen LogP contribution in [0.25, 0.3) is 0 Å². The molecule has 4 N–H and O–H groups in total. The molecule has 6 nitrogen and oxygen atoms in total. The summed E-state index contributed by atoms with van der Waals surface area (Å²) in [4.78, 5) is 26.0. The minimum absolute atomic E-state index is 0.294. The summed E-state index contributed by atoms with van der Waals surface area (Å²) in [5, 5.41) is 28.7. The highest BCUT2D eigenvalue weighted by molar-refractivity contribution is 5.95. The molecule has 0 bridgehead atoms. The van der Waals surface area contributed by atoms with E-state index in [0.717, 1.165) is 11.1 Å². The molecule has 194 valence electrons. The average Bonchev–Trinajstić information content (AvgIpc) is 2.97. The van der Waals surface area contributed by atoms with Crippen molar-refractivity contribution in [2.75, 3.05) is 0 Å². The van der Waals surface area contributed by atoms with Crippen molar-refractivity contribution in [2.24, 2.45) is 0 Å². The van der Waals surface area contributed by atoms with Crippen LogP contribution >= 0.6 is 0 Å². The third-order valence-electron chi connectivity index (χ3n) is 6.48. The zero-order valence-electron chi connectivity index (χ0n) is 21.0. The summed E-state index contributed by atoms with van der Waals surface area (Å²) < 4.78 is 0. The van der Waals surface area contributed by atoms with E-state index < -0.39 is 24.3 Å². The van der Waals surface area contributed by atoms with Gasteiger partial charge in [0.05, 0.1) is 12.1 Å². The normalized spacial score (nSPS) is 14.1. The van der Waals surface area contributed by atoms with Crippen LogP contribution in [0.2, 0.25) is 0 Å². The summed E-state index contributed by atoms with van der Waals surface area (Å²) in [6, 6.07) is 34.8. The average molecular weight is 509 g/mol. The van der Waals surface area contributed by atoms with E-state index in [9.17, 15) is 19.8 Å².